The molecule has 0 saturated carbocycles. The highest BCUT2D eigenvalue weighted by Gasteiger charge is 2.32. The summed E-state index contributed by atoms with van der Waals surface area (Å²) in [5.74, 6) is 5.02. The van der Waals surface area contributed by atoms with E-state index in [9.17, 15) is 26.0 Å². The average Bonchev–Trinajstić information content (AvgIpc) is 1.61. The molecule has 5 N–H and O–H groups in total. The first-order chi connectivity index (χ1) is 51.9. The fourth-order valence-electron chi connectivity index (χ4n) is 13.1. The van der Waals surface area contributed by atoms with Gasteiger partial charge < -0.3 is 78.8 Å². The molecule has 6 fully saturated rings. The van der Waals surface area contributed by atoms with Crippen LogP contribution in [0.5, 0.6) is 17.2 Å². The number of anilines is 9. The first kappa shape index (κ1) is 75.6. The fourth-order valence-corrected chi connectivity index (χ4v) is 13.1. The summed E-state index contributed by atoms with van der Waals surface area (Å²) in [6, 6.07) is 49.2. The smallest absolute Gasteiger partial charge is 0.230 e. The number of nitriles is 3. The van der Waals surface area contributed by atoms with Crippen molar-refractivity contribution in [3.63, 3.8) is 0 Å². The zero-order valence-electron chi connectivity index (χ0n) is 59.5. The lowest BCUT2D eigenvalue weighted by Gasteiger charge is -2.33. The number of rotatable bonds is 19. The Morgan fingerprint density at radius 2 is 0.953 bits per heavy atom. The second-order valence-electron chi connectivity index (χ2n) is 26.8. The number of hydrogen-bond donors (Lipinski definition) is 5. The lowest BCUT2D eigenvalue weighted by atomic mass is 10.1. The molecule has 6 saturated heterocycles. The van der Waals surface area contributed by atoms with Crippen LogP contribution in [0.1, 0.15) is 81.5 Å². The summed E-state index contributed by atoms with van der Waals surface area (Å²) >= 11 is 0. The molecule has 15 rings (SSSR count). The molecule has 26 heteroatoms. The van der Waals surface area contributed by atoms with Crippen LogP contribution in [0, 0.1) is 40.9 Å². The summed E-state index contributed by atoms with van der Waals surface area (Å²) < 4.78 is 45.3. The third kappa shape index (κ3) is 20.5. The Labute approximate surface area is 623 Å². The average molecular weight is 1450 g/mol. The highest BCUT2D eigenvalue weighted by Crippen LogP contribution is 2.34. The van der Waals surface area contributed by atoms with Gasteiger partial charge in [0.25, 0.3) is 0 Å². The van der Waals surface area contributed by atoms with Gasteiger partial charge in [-0.2, -0.15) is 20.8 Å². The van der Waals surface area contributed by atoms with Crippen molar-refractivity contribution in [2.45, 2.75) is 96.2 Å². The van der Waals surface area contributed by atoms with E-state index in [1.807, 2.05) is 91.9 Å². The zero-order chi connectivity index (χ0) is 73.0. The molecule has 3 aromatic heterocycles. The molecule has 9 heterocycles. The van der Waals surface area contributed by atoms with Crippen molar-refractivity contribution in [3.05, 3.63) is 174 Å². The van der Waals surface area contributed by atoms with Crippen molar-refractivity contribution < 1.29 is 48.1 Å². The zero-order valence-corrected chi connectivity index (χ0v) is 59.5. The van der Waals surface area contributed by atoms with Crippen LogP contribution in [0.2, 0.25) is 0 Å². The van der Waals surface area contributed by atoms with E-state index in [-0.39, 0.29) is 38.4 Å². The highest BCUT2D eigenvalue weighted by molar-refractivity contribution is 5.70. The van der Waals surface area contributed by atoms with Crippen molar-refractivity contribution in [2.24, 2.45) is 0 Å². The molecule has 1 unspecified atom stereocenters. The Kier molecular flexibility index (Phi) is 25.9. The third-order valence-electron chi connectivity index (χ3n) is 19.0. The number of aliphatic hydroxyl groups excluding tert-OH is 1. The molecule has 0 bridgehead atoms. The topological polar surface area (TPSA) is 322 Å². The lowest BCUT2D eigenvalue weighted by molar-refractivity contribution is 0.00357. The van der Waals surface area contributed by atoms with E-state index in [0.717, 1.165) is 129 Å². The Morgan fingerprint density at radius 1 is 0.495 bits per heavy atom. The van der Waals surface area contributed by atoms with E-state index in [1.165, 1.54) is 12.0 Å². The minimum atomic E-state index is -0.640. The molecule has 2 atom stereocenters. The molecule has 6 aromatic carbocycles. The molecule has 107 heavy (non-hydrogen) atoms. The molecule has 6 aliphatic heterocycles. The van der Waals surface area contributed by atoms with Gasteiger partial charge in [0, 0.05) is 141 Å². The van der Waals surface area contributed by atoms with Gasteiger partial charge in [-0.1, -0.05) is 7.43 Å². The molecule has 0 aliphatic carbocycles. The second-order valence-corrected chi connectivity index (χ2v) is 26.8. The summed E-state index contributed by atoms with van der Waals surface area (Å²) in [6.07, 6.45) is 10.6. The van der Waals surface area contributed by atoms with Gasteiger partial charge >= 0.3 is 0 Å². The van der Waals surface area contributed by atoms with E-state index in [0.29, 0.717) is 134 Å². The van der Waals surface area contributed by atoms with E-state index < -0.39 is 5.60 Å². The van der Waals surface area contributed by atoms with Crippen molar-refractivity contribution in [1.82, 2.24) is 34.9 Å². The van der Waals surface area contributed by atoms with Crippen LogP contribution in [-0.2, 0) is 23.7 Å². The van der Waals surface area contributed by atoms with Gasteiger partial charge in [0.2, 0.25) is 5.95 Å². The quantitative estimate of drug-likeness (QED) is 0.0502. The van der Waals surface area contributed by atoms with Gasteiger partial charge in [-0.15, -0.1) is 0 Å². The Bertz CT molecular complexity index is 4550. The van der Waals surface area contributed by atoms with Crippen LogP contribution in [0.25, 0.3) is 34.2 Å². The lowest BCUT2D eigenvalue weighted by Crippen LogP contribution is -2.44. The second kappa shape index (κ2) is 36.7. The largest absolute Gasteiger partial charge is 0.489 e. The maximum Gasteiger partial charge on any atom is 0.230 e. The Morgan fingerprint density at radius 3 is 1.43 bits per heavy atom. The van der Waals surface area contributed by atoms with Gasteiger partial charge in [-0.05, 0) is 159 Å². The number of aliphatic hydroxyl groups is 2. The predicted molar refractivity (Wildman–Crippen MR) is 408 cm³/mol. The van der Waals surface area contributed by atoms with Crippen molar-refractivity contribution in [3.8, 4) is 69.6 Å². The van der Waals surface area contributed by atoms with E-state index in [4.69, 9.17) is 42.9 Å². The number of aryl methyl sites for hydroxylation is 1. The normalized spacial score (nSPS) is 18.3. The number of ether oxygens (including phenoxy) is 8. The standard InChI is InChI=1S/C27H29N5O4.C27H29N5O3.C26H28N6O3.CH4/c28-16-20-15-19(1-6-25(20)36-23-8-12-34-13-9-23)27-29-10-7-26(31-27)30-21-2-4-22(5-3-21)32-11-14-35-24(17-32)18-33;1-19-16-22(32-10-14-34-15-11-32)3-4-24(19)30-26-6-9-29-27(31-26)20-2-5-25(21(17-20)18-28)35-23-7-12-33-13-8-23;1-26(33)10-11-32(16-26)21-5-3-20(4-6-21)30-25-29-17-28-24(31-25)18-2-7-23(19(14-18)15-27)35-22-8-12-34-13-9-22;/h1-7,10,15,23-24,33H,8-9,11-14,17-18H2,(H,29,30,31);2-6,9,16-17,23H,7-8,10-15H2,1H3,(H,29,30,31);2-7,14,17,22,33H,8-13,16H2,1H3,(H,28,29,30,31);1H4/t24-;;;/m1.../s1. The van der Waals surface area contributed by atoms with Crippen LogP contribution in [0.15, 0.2) is 152 Å². The van der Waals surface area contributed by atoms with Crippen molar-refractivity contribution in [2.75, 3.05) is 136 Å². The van der Waals surface area contributed by atoms with Gasteiger partial charge in [0.15, 0.2) is 17.5 Å². The van der Waals surface area contributed by atoms with Crippen molar-refractivity contribution >= 4 is 51.7 Å². The van der Waals surface area contributed by atoms with Crippen LogP contribution < -0.4 is 44.9 Å². The summed E-state index contributed by atoms with van der Waals surface area (Å²) in [6.45, 7) is 14.9. The van der Waals surface area contributed by atoms with Crippen LogP contribution in [0.3, 0.4) is 0 Å². The highest BCUT2D eigenvalue weighted by atomic mass is 16.5. The van der Waals surface area contributed by atoms with Gasteiger partial charge in [-0.3, -0.25) is 0 Å². The molecule has 26 nitrogen and oxygen atoms in total. The van der Waals surface area contributed by atoms with E-state index in [1.54, 1.807) is 42.7 Å². The number of morpholine rings is 2. The number of benzene rings is 6. The molecule has 0 spiro atoms. The van der Waals surface area contributed by atoms with E-state index in [2.05, 4.69) is 104 Å². The molecule has 6 aliphatic rings. The van der Waals surface area contributed by atoms with Gasteiger partial charge in [0.05, 0.1) is 94.5 Å². The predicted octanol–water partition coefficient (Wildman–Crippen LogP) is 12.3. The Balaban J connectivity index is 0.000000149. The maximum atomic E-state index is 10.2. The number of aromatic nitrogens is 7. The molecule has 0 amide bonds. The van der Waals surface area contributed by atoms with Crippen LogP contribution >= 0.6 is 0 Å². The third-order valence-corrected chi connectivity index (χ3v) is 19.0. The summed E-state index contributed by atoms with van der Waals surface area (Å²) in [4.78, 5) is 38.0. The molecule has 0 radical (unpaired) electrons. The fraction of sp³-hybridized carbons (Fsp3) is 0.383. The van der Waals surface area contributed by atoms with Crippen molar-refractivity contribution in [1.29, 1.82) is 15.8 Å². The van der Waals surface area contributed by atoms with Gasteiger partial charge in [-0.25, -0.2) is 29.9 Å². The molecular formula is C81H90N16O10. The minimum Gasteiger partial charge on any atom is -0.489 e. The SMILES string of the molecule is C.CC1(O)CCN(c2ccc(Nc3ncnc(-c4ccc(OC5CCOCC5)c(C#N)c4)n3)cc2)C1.Cc1cc(N2CCOCC2)ccc1Nc1ccnc(-c2ccc(OC3CCOCC3)c(C#N)c2)n1.N#Cc1cc(-c2nccc(Nc3ccc(N4CCO[C@@H](CO)C4)cc3)n2)ccc1OC1CCOCC1. The number of β-amino-alcohol motifs (C(OH)–C–C–N with tert-alkyl or cyclic N) is 1. The van der Waals surface area contributed by atoms with Crippen LogP contribution in [0.4, 0.5) is 51.7 Å². The Hall–Kier alpha value is -11.1. The van der Waals surface area contributed by atoms with Crippen LogP contribution in [-0.4, -0.2) is 180 Å². The summed E-state index contributed by atoms with van der Waals surface area (Å²) in [5.41, 5.74) is 10.2. The minimum absolute atomic E-state index is 0. The summed E-state index contributed by atoms with van der Waals surface area (Å²) in [7, 11) is 0. The van der Waals surface area contributed by atoms with Gasteiger partial charge in [0.1, 0.15) is 71.7 Å². The first-order valence-electron chi connectivity index (χ1n) is 36.0. The van der Waals surface area contributed by atoms with E-state index >= 15 is 0 Å². The molecule has 9 aromatic rings. The summed E-state index contributed by atoms with van der Waals surface area (Å²) in [5, 5.41) is 58.6. The number of nitrogens with one attached hydrogen (secondary N) is 3. The number of hydrogen-bond acceptors (Lipinski definition) is 26. The first-order valence-corrected chi connectivity index (χ1v) is 36.0. The molecular weight excluding hydrogens is 1360 g/mol. The maximum absolute atomic E-state index is 10.2. The number of nitrogens with zero attached hydrogens (tertiary/aromatic N) is 13. The monoisotopic (exact) mass is 1450 g/mol. The molecule has 554 valence electrons.